The second-order valence-corrected chi connectivity index (χ2v) is 6.22. The van der Waals surface area contributed by atoms with Gasteiger partial charge in [0.25, 0.3) is 5.91 Å². The van der Waals surface area contributed by atoms with Crippen LogP contribution in [-0.2, 0) is 4.79 Å². The summed E-state index contributed by atoms with van der Waals surface area (Å²) in [6.45, 7) is 5.89. The predicted octanol–water partition coefficient (Wildman–Crippen LogP) is 2.51. The number of carbonyl (C=O) groups excluding carboxylic acids is 2. The maximum absolute atomic E-state index is 12.4. The molecule has 2 amide bonds. The standard InChI is InChI=1S/C18H21N3O2/c1-11-9-15(11)17(22)19-20-18(23)16-10-12(2)21(13(16)3)14-7-5-4-6-8-14/h4-8,10-11,15H,9H2,1-3H3,(H,19,22)(H,20,23). The van der Waals surface area contributed by atoms with Crippen LogP contribution in [0.3, 0.4) is 0 Å². The minimum Gasteiger partial charge on any atom is -0.318 e. The van der Waals surface area contributed by atoms with E-state index in [1.165, 1.54) is 0 Å². The summed E-state index contributed by atoms with van der Waals surface area (Å²) < 4.78 is 2.03. The average molecular weight is 311 g/mol. The number of hydrogen-bond acceptors (Lipinski definition) is 2. The summed E-state index contributed by atoms with van der Waals surface area (Å²) in [4.78, 5) is 24.2. The van der Waals surface area contributed by atoms with Crippen molar-refractivity contribution in [3.05, 3.63) is 53.3 Å². The molecule has 0 saturated heterocycles. The number of nitrogens with one attached hydrogen (secondary N) is 2. The van der Waals surface area contributed by atoms with Gasteiger partial charge in [-0.25, -0.2) is 0 Å². The van der Waals surface area contributed by atoms with Gasteiger partial charge in [0.1, 0.15) is 0 Å². The molecule has 3 rings (SSSR count). The molecule has 1 aliphatic rings. The first-order chi connectivity index (χ1) is 11.0. The van der Waals surface area contributed by atoms with Crippen LogP contribution in [0, 0.1) is 25.7 Å². The lowest BCUT2D eigenvalue weighted by Crippen LogP contribution is -2.42. The molecule has 23 heavy (non-hydrogen) atoms. The topological polar surface area (TPSA) is 63.1 Å². The molecule has 1 aromatic carbocycles. The molecule has 2 unspecified atom stereocenters. The minimum atomic E-state index is -0.290. The first-order valence-electron chi connectivity index (χ1n) is 7.83. The van der Waals surface area contributed by atoms with E-state index in [-0.39, 0.29) is 17.7 Å². The van der Waals surface area contributed by atoms with E-state index in [0.717, 1.165) is 23.5 Å². The van der Waals surface area contributed by atoms with E-state index < -0.39 is 0 Å². The Kier molecular flexibility index (Phi) is 3.94. The first kappa shape index (κ1) is 15.3. The third-order valence-electron chi connectivity index (χ3n) is 4.44. The highest BCUT2D eigenvalue weighted by Gasteiger charge is 2.39. The van der Waals surface area contributed by atoms with E-state index in [0.29, 0.717) is 11.5 Å². The Morgan fingerprint density at radius 3 is 2.39 bits per heavy atom. The van der Waals surface area contributed by atoms with Crippen LogP contribution >= 0.6 is 0 Å². The van der Waals surface area contributed by atoms with Gasteiger partial charge >= 0.3 is 0 Å². The van der Waals surface area contributed by atoms with E-state index in [1.54, 1.807) is 0 Å². The zero-order chi connectivity index (χ0) is 16.6. The molecule has 0 spiro atoms. The Morgan fingerprint density at radius 1 is 1.13 bits per heavy atom. The molecule has 2 N–H and O–H groups in total. The highest BCUT2D eigenvalue weighted by atomic mass is 16.2. The van der Waals surface area contributed by atoms with Crippen LogP contribution in [0.15, 0.2) is 36.4 Å². The molecular formula is C18H21N3O2. The molecule has 0 radical (unpaired) electrons. The lowest BCUT2D eigenvalue weighted by molar-refractivity contribution is -0.123. The zero-order valence-electron chi connectivity index (χ0n) is 13.6. The molecule has 2 atom stereocenters. The van der Waals surface area contributed by atoms with Crippen molar-refractivity contribution >= 4 is 11.8 Å². The molecule has 1 heterocycles. The number of aromatic nitrogens is 1. The highest BCUT2D eigenvalue weighted by molar-refractivity contribution is 5.97. The Balaban J connectivity index is 1.75. The number of benzene rings is 1. The van der Waals surface area contributed by atoms with E-state index in [9.17, 15) is 9.59 Å². The van der Waals surface area contributed by atoms with Crippen molar-refractivity contribution in [3.8, 4) is 5.69 Å². The maximum atomic E-state index is 12.4. The van der Waals surface area contributed by atoms with Gasteiger partial charge in [-0.05, 0) is 44.4 Å². The second-order valence-electron chi connectivity index (χ2n) is 6.22. The van der Waals surface area contributed by atoms with Gasteiger partial charge in [0, 0.05) is 23.0 Å². The summed E-state index contributed by atoms with van der Waals surface area (Å²) in [5, 5.41) is 0. The van der Waals surface area contributed by atoms with Gasteiger partial charge in [0.05, 0.1) is 5.56 Å². The van der Waals surface area contributed by atoms with Gasteiger partial charge in [0.15, 0.2) is 0 Å². The molecular weight excluding hydrogens is 290 g/mol. The van der Waals surface area contributed by atoms with Gasteiger partial charge in [-0.2, -0.15) is 0 Å². The van der Waals surface area contributed by atoms with Crippen molar-refractivity contribution in [1.82, 2.24) is 15.4 Å². The molecule has 1 aliphatic carbocycles. The van der Waals surface area contributed by atoms with Gasteiger partial charge in [-0.1, -0.05) is 25.1 Å². The van der Waals surface area contributed by atoms with Crippen molar-refractivity contribution < 1.29 is 9.59 Å². The van der Waals surface area contributed by atoms with Crippen LogP contribution < -0.4 is 10.9 Å². The first-order valence-corrected chi connectivity index (χ1v) is 7.83. The summed E-state index contributed by atoms with van der Waals surface area (Å²) in [5.41, 5.74) is 8.44. The monoisotopic (exact) mass is 311 g/mol. The molecule has 5 nitrogen and oxygen atoms in total. The number of hydrazine groups is 1. The third kappa shape index (κ3) is 2.99. The maximum Gasteiger partial charge on any atom is 0.271 e. The Bertz CT molecular complexity index is 749. The van der Waals surface area contributed by atoms with Crippen LogP contribution in [0.5, 0.6) is 0 Å². The van der Waals surface area contributed by atoms with Crippen molar-refractivity contribution in [1.29, 1.82) is 0 Å². The number of nitrogens with zero attached hydrogens (tertiary/aromatic N) is 1. The van der Waals surface area contributed by atoms with Gasteiger partial charge in [0.2, 0.25) is 5.91 Å². The fourth-order valence-electron chi connectivity index (χ4n) is 2.93. The predicted molar refractivity (Wildman–Crippen MR) is 88.1 cm³/mol. The molecule has 2 aromatic rings. The van der Waals surface area contributed by atoms with Crippen LogP contribution in [0.2, 0.25) is 0 Å². The van der Waals surface area contributed by atoms with Crippen LogP contribution in [0.25, 0.3) is 5.69 Å². The number of amides is 2. The Hall–Kier alpha value is -2.56. The average Bonchev–Trinajstić information content (AvgIpc) is 3.20. The Labute approximate surface area is 135 Å². The fourth-order valence-corrected chi connectivity index (χ4v) is 2.93. The lowest BCUT2D eigenvalue weighted by Gasteiger charge is -2.10. The molecule has 0 aliphatic heterocycles. The molecule has 1 saturated carbocycles. The van der Waals surface area contributed by atoms with Crippen LogP contribution in [0.4, 0.5) is 0 Å². The number of aryl methyl sites for hydroxylation is 1. The van der Waals surface area contributed by atoms with Crippen molar-refractivity contribution in [2.45, 2.75) is 27.2 Å². The smallest absolute Gasteiger partial charge is 0.271 e. The van der Waals surface area contributed by atoms with Crippen molar-refractivity contribution in [3.63, 3.8) is 0 Å². The fraction of sp³-hybridized carbons (Fsp3) is 0.333. The van der Waals surface area contributed by atoms with Gasteiger partial charge in [-0.3, -0.25) is 20.4 Å². The minimum absolute atomic E-state index is 0.0343. The van der Waals surface area contributed by atoms with Crippen molar-refractivity contribution in [2.75, 3.05) is 0 Å². The van der Waals surface area contributed by atoms with Gasteiger partial charge in [-0.15, -0.1) is 0 Å². The number of para-hydroxylation sites is 1. The second kappa shape index (κ2) is 5.91. The summed E-state index contributed by atoms with van der Waals surface area (Å²) in [6.07, 6.45) is 0.893. The molecule has 0 bridgehead atoms. The van der Waals surface area contributed by atoms with Crippen LogP contribution in [-0.4, -0.2) is 16.4 Å². The third-order valence-corrected chi connectivity index (χ3v) is 4.44. The van der Waals surface area contributed by atoms with E-state index in [2.05, 4.69) is 10.9 Å². The quantitative estimate of drug-likeness (QED) is 0.856. The van der Waals surface area contributed by atoms with Crippen molar-refractivity contribution in [2.24, 2.45) is 11.8 Å². The zero-order valence-corrected chi connectivity index (χ0v) is 13.6. The van der Waals surface area contributed by atoms with E-state index >= 15 is 0 Å². The summed E-state index contributed by atoms with van der Waals surface area (Å²) >= 11 is 0. The molecule has 1 fully saturated rings. The van der Waals surface area contributed by atoms with E-state index in [4.69, 9.17) is 0 Å². The molecule has 5 heteroatoms. The number of hydrogen-bond donors (Lipinski definition) is 2. The summed E-state index contributed by atoms with van der Waals surface area (Å²) in [7, 11) is 0. The van der Waals surface area contributed by atoms with E-state index in [1.807, 2.05) is 61.7 Å². The Morgan fingerprint density at radius 2 is 1.78 bits per heavy atom. The largest absolute Gasteiger partial charge is 0.318 e. The number of rotatable bonds is 3. The highest BCUT2D eigenvalue weighted by Crippen LogP contribution is 2.37. The summed E-state index contributed by atoms with van der Waals surface area (Å²) in [5.74, 6) is 0.0479. The lowest BCUT2D eigenvalue weighted by atomic mass is 10.2. The number of carbonyl (C=O) groups is 2. The van der Waals surface area contributed by atoms with Gasteiger partial charge < -0.3 is 4.57 Å². The SMILES string of the molecule is Cc1cc(C(=O)NNC(=O)C2CC2C)c(C)n1-c1ccccc1. The molecule has 120 valence electrons. The normalized spacial score (nSPS) is 19.3. The molecule has 1 aromatic heterocycles. The van der Waals surface area contributed by atoms with Crippen LogP contribution in [0.1, 0.15) is 35.1 Å². The summed E-state index contributed by atoms with van der Waals surface area (Å²) in [6, 6.07) is 11.7.